The standard InChI is InChI=1S/C16H14F2OS/c1-10-3-6-13(7-4-10)20-11(2)16(19)12-5-8-14(17)15(18)9-12/h3-9,11H,1-2H3. The molecule has 0 bridgehead atoms. The summed E-state index contributed by atoms with van der Waals surface area (Å²) in [5, 5.41) is -0.359. The maximum atomic E-state index is 13.1. The summed E-state index contributed by atoms with van der Waals surface area (Å²) < 4.78 is 26.0. The van der Waals surface area contributed by atoms with Gasteiger partial charge in [0, 0.05) is 10.5 Å². The molecular formula is C16H14F2OS. The van der Waals surface area contributed by atoms with Crippen LogP contribution in [0.5, 0.6) is 0 Å². The van der Waals surface area contributed by atoms with Crippen molar-refractivity contribution < 1.29 is 13.6 Å². The summed E-state index contributed by atoms with van der Waals surface area (Å²) in [5.41, 5.74) is 1.34. The average Bonchev–Trinajstić information content (AvgIpc) is 2.43. The van der Waals surface area contributed by atoms with Crippen LogP contribution in [0.15, 0.2) is 47.4 Å². The number of ketones is 1. The molecule has 0 aliphatic rings. The predicted octanol–water partition coefficient (Wildman–Crippen LogP) is 4.64. The van der Waals surface area contributed by atoms with E-state index in [2.05, 4.69) is 0 Å². The first-order valence-corrected chi connectivity index (χ1v) is 7.08. The molecule has 0 fully saturated rings. The van der Waals surface area contributed by atoms with E-state index in [0.29, 0.717) is 0 Å². The smallest absolute Gasteiger partial charge is 0.175 e. The minimum atomic E-state index is -0.997. The van der Waals surface area contributed by atoms with Crippen molar-refractivity contribution in [1.29, 1.82) is 0 Å². The number of benzene rings is 2. The highest BCUT2D eigenvalue weighted by molar-refractivity contribution is 8.00. The van der Waals surface area contributed by atoms with Crippen molar-refractivity contribution in [2.45, 2.75) is 24.0 Å². The van der Waals surface area contributed by atoms with Crippen LogP contribution in [0.3, 0.4) is 0 Å². The molecule has 0 heterocycles. The van der Waals surface area contributed by atoms with E-state index in [1.165, 1.54) is 17.8 Å². The summed E-state index contributed by atoms with van der Waals surface area (Å²) in [5.74, 6) is -2.15. The van der Waals surface area contributed by atoms with Crippen LogP contribution in [0.1, 0.15) is 22.8 Å². The van der Waals surface area contributed by atoms with E-state index in [4.69, 9.17) is 0 Å². The second-order valence-electron chi connectivity index (χ2n) is 4.57. The number of hydrogen-bond donors (Lipinski definition) is 0. The Morgan fingerprint density at radius 3 is 2.30 bits per heavy atom. The number of hydrogen-bond acceptors (Lipinski definition) is 2. The molecule has 20 heavy (non-hydrogen) atoms. The van der Waals surface area contributed by atoms with E-state index < -0.39 is 11.6 Å². The Morgan fingerprint density at radius 2 is 1.70 bits per heavy atom. The van der Waals surface area contributed by atoms with Crippen LogP contribution in [0.4, 0.5) is 8.78 Å². The summed E-state index contributed by atoms with van der Waals surface area (Å²) in [4.78, 5) is 13.1. The number of Topliss-reactive ketones (excluding diaryl/α,β-unsaturated/α-hetero) is 1. The number of aryl methyl sites for hydroxylation is 1. The van der Waals surface area contributed by atoms with Crippen molar-refractivity contribution in [3.63, 3.8) is 0 Å². The van der Waals surface area contributed by atoms with Gasteiger partial charge in [0.2, 0.25) is 0 Å². The Morgan fingerprint density at radius 1 is 1.05 bits per heavy atom. The molecule has 2 rings (SSSR count). The van der Waals surface area contributed by atoms with Gasteiger partial charge in [0.1, 0.15) is 0 Å². The molecule has 1 atom stereocenters. The number of carbonyl (C=O) groups is 1. The zero-order valence-corrected chi connectivity index (χ0v) is 12.0. The molecule has 0 aliphatic carbocycles. The van der Waals surface area contributed by atoms with Crippen molar-refractivity contribution in [2.24, 2.45) is 0 Å². The first kappa shape index (κ1) is 14.7. The number of rotatable bonds is 4. The predicted molar refractivity (Wildman–Crippen MR) is 77.2 cm³/mol. The van der Waals surface area contributed by atoms with E-state index in [1.807, 2.05) is 31.2 Å². The lowest BCUT2D eigenvalue weighted by Crippen LogP contribution is -2.13. The largest absolute Gasteiger partial charge is 0.293 e. The molecule has 1 unspecified atom stereocenters. The molecule has 104 valence electrons. The van der Waals surface area contributed by atoms with Gasteiger partial charge in [-0.1, -0.05) is 17.7 Å². The summed E-state index contributed by atoms with van der Waals surface area (Å²) in [6.45, 7) is 3.75. The number of carbonyl (C=O) groups excluding carboxylic acids is 1. The summed E-state index contributed by atoms with van der Waals surface area (Å²) in [6.07, 6.45) is 0. The fourth-order valence-electron chi connectivity index (χ4n) is 1.76. The molecule has 0 amide bonds. The van der Waals surface area contributed by atoms with Crippen LogP contribution in [0.2, 0.25) is 0 Å². The Balaban J connectivity index is 2.11. The topological polar surface area (TPSA) is 17.1 Å². The van der Waals surface area contributed by atoms with Gasteiger partial charge in [-0.15, -0.1) is 11.8 Å². The van der Waals surface area contributed by atoms with Gasteiger partial charge in [-0.3, -0.25) is 4.79 Å². The lowest BCUT2D eigenvalue weighted by Gasteiger charge is -2.10. The van der Waals surface area contributed by atoms with E-state index in [1.54, 1.807) is 6.92 Å². The molecular weight excluding hydrogens is 278 g/mol. The van der Waals surface area contributed by atoms with Crippen molar-refractivity contribution in [3.8, 4) is 0 Å². The van der Waals surface area contributed by atoms with Crippen LogP contribution >= 0.6 is 11.8 Å². The fraction of sp³-hybridized carbons (Fsp3) is 0.188. The zero-order chi connectivity index (χ0) is 14.7. The first-order valence-electron chi connectivity index (χ1n) is 6.20. The average molecular weight is 292 g/mol. The lowest BCUT2D eigenvalue weighted by atomic mass is 10.1. The van der Waals surface area contributed by atoms with E-state index in [-0.39, 0.29) is 16.6 Å². The first-order chi connectivity index (χ1) is 9.47. The van der Waals surface area contributed by atoms with Crippen molar-refractivity contribution in [3.05, 3.63) is 65.2 Å². The Labute approximate surface area is 121 Å². The Bertz CT molecular complexity index is 623. The highest BCUT2D eigenvalue weighted by Crippen LogP contribution is 2.26. The third kappa shape index (κ3) is 3.45. The van der Waals surface area contributed by atoms with Gasteiger partial charge in [0.05, 0.1) is 5.25 Å². The molecule has 0 N–H and O–H groups in total. The van der Waals surface area contributed by atoms with Gasteiger partial charge in [-0.25, -0.2) is 8.78 Å². The van der Waals surface area contributed by atoms with Crippen LogP contribution < -0.4 is 0 Å². The zero-order valence-electron chi connectivity index (χ0n) is 11.2. The van der Waals surface area contributed by atoms with Gasteiger partial charge in [0.25, 0.3) is 0 Å². The van der Waals surface area contributed by atoms with Gasteiger partial charge < -0.3 is 0 Å². The summed E-state index contributed by atoms with van der Waals surface area (Å²) in [6, 6.07) is 11.1. The van der Waals surface area contributed by atoms with Crippen molar-refractivity contribution >= 4 is 17.5 Å². The molecule has 0 saturated heterocycles. The molecule has 0 aliphatic heterocycles. The number of halogens is 2. The van der Waals surface area contributed by atoms with Gasteiger partial charge in [0.15, 0.2) is 17.4 Å². The molecule has 1 nitrogen and oxygen atoms in total. The molecule has 2 aromatic rings. The van der Waals surface area contributed by atoms with Crippen LogP contribution in [-0.4, -0.2) is 11.0 Å². The maximum absolute atomic E-state index is 13.1. The third-order valence-corrected chi connectivity index (χ3v) is 4.02. The van der Waals surface area contributed by atoms with Gasteiger partial charge in [-0.2, -0.15) is 0 Å². The summed E-state index contributed by atoms with van der Waals surface area (Å²) >= 11 is 1.40. The second kappa shape index (κ2) is 6.18. The monoisotopic (exact) mass is 292 g/mol. The van der Waals surface area contributed by atoms with Crippen molar-refractivity contribution in [2.75, 3.05) is 0 Å². The SMILES string of the molecule is Cc1ccc(SC(C)C(=O)c2ccc(F)c(F)c2)cc1. The molecule has 0 saturated carbocycles. The summed E-state index contributed by atoms with van der Waals surface area (Å²) in [7, 11) is 0. The van der Waals surface area contributed by atoms with Gasteiger partial charge >= 0.3 is 0 Å². The highest BCUT2D eigenvalue weighted by atomic mass is 32.2. The van der Waals surface area contributed by atoms with E-state index in [0.717, 1.165) is 22.6 Å². The molecule has 0 radical (unpaired) electrons. The number of thioether (sulfide) groups is 1. The third-order valence-electron chi connectivity index (χ3n) is 2.91. The molecule has 2 aromatic carbocycles. The van der Waals surface area contributed by atoms with E-state index in [9.17, 15) is 13.6 Å². The Kier molecular flexibility index (Phi) is 4.55. The van der Waals surface area contributed by atoms with Crippen LogP contribution in [0, 0.1) is 18.6 Å². The minimum absolute atomic E-state index is 0.191. The Hall–Kier alpha value is -1.68. The van der Waals surface area contributed by atoms with Gasteiger partial charge in [-0.05, 0) is 44.2 Å². The maximum Gasteiger partial charge on any atom is 0.175 e. The van der Waals surface area contributed by atoms with Crippen molar-refractivity contribution in [1.82, 2.24) is 0 Å². The van der Waals surface area contributed by atoms with Crippen LogP contribution in [-0.2, 0) is 0 Å². The quantitative estimate of drug-likeness (QED) is 0.603. The molecule has 0 aromatic heterocycles. The minimum Gasteiger partial charge on any atom is -0.293 e. The molecule has 0 spiro atoms. The second-order valence-corrected chi connectivity index (χ2v) is 5.98. The highest BCUT2D eigenvalue weighted by Gasteiger charge is 2.18. The van der Waals surface area contributed by atoms with E-state index >= 15 is 0 Å². The normalized spacial score (nSPS) is 12.2. The van der Waals surface area contributed by atoms with Crippen LogP contribution in [0.25, 0.3) is 0 Å². The molecule has 4 heteroatoms. The lowest BCUT2D eigenvalue weighted by molar-refractivity contribution is 0.0993. The fourth-order valence-corrected chi connectivity index (χ4v) is 2.70.